The molecule has 0 saturated carbocycles. The molecule has 0 amide bonds. The lowest BCUT2D eigenvalue weighted by Gasteiger charge is -2.23. The molecule has 4 heteroatoms. The Bertz CT molecular complexity index is 191. The minimum absolute atomic E-state index is 0.0498. The zero-order chi connectivity index (χ0) is 10.6. The second-order valence-corrected chi connectivity index (χ2v) is 5.17. The molecule has 2 unspecified atom stereocenters. The molecule has 1 saturated heterocycles. The number of nitrogens with zero attached hydrogens (tertiary/aromatic N) is 1. The first-order valence-electron chi connectivity index (χ1n) is 4.95. The van der Waals surface area contributed by atoms with E-state index in [1.54, 1.807) is 0 Å². The Hall–Kier alpha value is -0.220. The van der Waals surface area contributed by atoms with Crippen LogP contribution in [0.3, 0.4) is 0 Å². The van der Waals surface area contributed by atoms with Gasteiger partial charge in [-0.3, -0.25) is 4.79 Å². The smallest absolute Gasteiger partial charge is 0.310 e. The van der Waals surface area contributed by atoms with E-state index in [1.165, 1.54) is 12.9 Å². The van der Waals surface area contributed by atoms with Gasteiger partial charge in [0.05, 0.1) is 13.0 Å². The fourth-order valence-corrected chi connectivity index (χ4v) is 3.17. The molecular weight excluding hydrogens is 198 g/mol. The van der Waals surface area contributed by atoms with Gasteiger partial charge in [-0.1, -0.05) is 0 Å². The van der Waals surface area contributed by atoms with Gasteiger partial charge in [-0.15, -0.1) is 0 Å². The molecule has 82 valence electrons. The maximum absolute atomic E-state index is 11.6. The molecule has 1 heterocycles. The van der Waals surface area contributed by atoms with Gasteiger partial charge in [0.2, 0.25) is 0 Å². The minimum Gasteiger partial charge on any atom is -0.469 e. The van der Waals surface area contributed by atoms with Crippen LogP contribution in [0.4, 0.5) is 0 Å². The zero-order valence-electron chi connectivity index (χ0n) is 9.16. The molecule has 3 nitrogen and oxygen atoms in total. The molecule has 0 N–H and O–H groups in total. The summed E-state index contributed by atoms with van der Waals surface area (Å²) < 4.78 is 4.85. The molecule has 0 aliphatic carbocycles. The van der Waals surface area contributed by atoms with Gasteiger partial charge in [0.1, 0.15) is 0 Å². The number of thioether (sulfide) groups is 1. The molecular formula is C10H19NO2S. The summed E-state index contributed by atoms with van der Waals surface area (Å²) in [5.41, 5.74) is 0. The molecule has 14 heavy (non-hydrogen) atoms. The van der Waals surface area contributed by atoms with Crippen molar-refractivity contribution >= 4 is 17.7 Å². The van der Waals surface area contributed by atoms with Gasteiger partial charge < -0.3 is 9.64 Å². The monoisotopic (exact) mass is 217 g/mol. The topological polar surface area (TPSA) is 29.5 Å². The van der Waals surface area contributed by atoms with Crippen molar-refractivity contribution in [2.45, 2.75) is 6.42 Å². The zero-order valence-corrected chi connectivity index (χ0v) is 9.97. The third kappa shape index (κ3) is 3.17. The minimum atomic E-state index is -0.0498. The first-order chi connectivity index (χ1) is 6.65. The maximum Gasteiger partial charge on any atom is 0.310 e. The normalized spacial score (nSPS) is 23.9. The van der Waals surface area contributed by atoms with Crippen LogP contribution >= 0.6 is 11.8 Å². The fourth-order valence-electron chi connectivity index (χ4n) is 1.83. The van der Waals surface area contributed by atoms with Crippen LogP contribution in [0.5, 0.6) is 0 Å². The van der Waals surface area contributed by atoms with Crippen molar-refractivity contribution in [1.82, 2.24) is 4.90 Å². The van der Waals surface area contributed by atoms with Gasteiger partial charge in [-0.2, -0.15) is 11.8 Å². The summed E-state index contributed by atoms with van der Waals surface area (Å²) in [5.74, 6) is 2.81. The standard InChI is InChI=1S/C10H19NO2S/c1-11(2)6-9(10(12)13-3)8-4-5-14-7-8/h8-9H,4-7H2,1-3H3. The first-order valence-corrected chi connectivity index (χ1v) is 6.11. The number of hydrogen-bond donors (Lipinski definition) is 0. The highest BCUT2D eigenvalue weighted by Crippen LogP contribution is 2.30. The van der Waals surface area contributed by atoms with Crippen molar-refractivity contribution in [2.24, 2.45) is 11.8 Å². The van der Waals surface area contributed by atoms with Gasteiger partial charge in [0.15, 0.2) is 0 Å². The van der Waals surface area contributed by atoms with Crippen molar-refractivity contribution in [3.8, 4) is 0 Å². The highest BCUT2D eigenvalue weighted by molar-refractivity contribution is 7.99. The van der Waals surface area contributed by atoms with E-state index in [9.17, 15) is 4.79 Å². The summed E-state index contributed by atoms with van der Waals surface area (Å²) in [6.45, 7) is 0.803. The van der Waals surface area contributed by atoms with E-state index in [4.69, 9.17) is 4.74 Å². The van der Waals surface area contributed by atoms with Gasteiger partial charge >= 0.3 is 5.97 Å². The van der Waals surface area contributed by atoms with Gasteiger partial charge in [0, 0.05) is 6.54 Å². The summed E-state index contributed by atoms with van der Waals surface area (Å²) in [4.78, 5) is 13.6. The molecule has 0 spiro atoms. The molecule has 0 aromatic heterocycles. The molecule has 1 aliphatic rings. The van der Waals surface area contributed by atoms with Crippen LogP contribution in [0.1, 0.15) is 6.42 Å². The van der Waals surface area contributed by atoms with Crippen LogP contribution in [-0.2, 0) is 9.53 Å². The van der Waals surface area contributed by atoms with Gasteiger partial charge in [0.25, 0.3) is 0 Å². The highest BCUT2D eigenvalue weighted by Gasteiger charge is 2.31. The van der Waals surface area contributed by atoms with Crippen molar-refractivity contribution in [2.75, 3.05) is 39.3 Å². The number of carbonyl (C=O) groups is 1. The fraction of sp³-hybridized carbons (Fsp3) is 0.900. The molecule has 1 aliphatic heterocycles. The SMILES string of the molecule is COC(=O)C(CN(C)C)C1CCSC1. The van der Waals surface area contributed by atoms with E-state index in [0.29, 0.717) is 5.92 Å². The Balaban J connectivity index is 2.55. The lowest BCUT2D eigenvalue weighted by atomic mass is 9.91. The Kier molecular flexibility index (Phi) is 4.75. The molecule has 2 atom stereocenters. The summed E-state index contributed by atoms with van der Waals surface area (Å²) in [6.07, 6.45) is 1.15. The van der Waals surface area contributed by atoms with E-state index in [1.807, 2.05) is 25.9 Å². The van der Waals surface area contributed by atoms with Crippen molar-refractivity contribution in [3.63, 3.8) is 0 Å². The van der Waals surface area contributed by atoms with Crippen LogP contribution in [0.15, 0.2) is 0 Å². The predicted octanol–water partition coefficient (Wildman–Crippen LogP) is 1.09. The van der Waals surface area contributed by atoms with Crippen molar-refractivity contribution in [1.29, 1.82) is 0 Å². The molecule has 0 bridgehead atoms. The Morgan fingerprint density at radius 3 is 2.79 bits per heavy atom. The first kappa shape index (κ1) is 11.9. The van der Waals surface area contributed by atoms with Crippen LogP contribution in [0, 0.1) is 11.8 Å². The summed E-state index contributed by atoms with van der Waals surface area (Å²) in [5, 5.41) is 0. The number of esters is 1. The molecule has 1 rings (SSSR count). The van der Waals surface area contributed by atoms with Gasteiger partial charge in [-0.05, 0) is 37.9 Å². The van der Waals surface area contributed by atoms with Crippen LogP contribution in [0.25, 0.3) is 0 Å². The summed E-state index contributed by atoms with van der Waals surface area (Å²) in [6, 6.07) is 0. The molecule has 0 radical (unpaired) electrons. The molecule has 1 fully saturated rings. The average Bonchev–Trinajstić information content (AvgIpc) is 2.65. The van der Waals surface area contributed by atoms with E-state index in [-0.39, 0.29) is 11.9 Å². The lowest BCUT2D eigenvalue weighted by Crippen LogP contribution is -2.34. The Morgan fingerprint density at radius 2 is 2.36 bits per heavy atom. The lowest BCUT2D eigenvalue weighted by molar-refractivity contribution is -0.147. The maximum atomic E-state index is 11.6. The number of methoxy groups -OCH3 is 1. The second kappa shape index (κ2) is 5.61. The van der Waals surface area contributed by atoms with Crippen LogP contribution < -0.4 is 0 Å². The van der Waals surface area contributed by atoms with Gasteiger partial charge in [-0.25, -0.2) is 0 Å². The van der Waals surface area contributed by atoms with Crippen molar-refractivity contribution < 1.29 is 9.53 Å². The number of hydrogen-bond acceptors (Lipinski definition) is 4. The molecule has 0 aromatic carbocycles. The van der Waals surface area contributed by atoms with Crippen LogP contribution in [0.2, 0.25) is 0 Å². The molecule has 0 aromatic rings. The number of carbonyl (C=O) groups excluding carboxylic acids is 1. The van der Waals surface area contributed by atoms with E-state index in [2.05, 4.69) is 4.90 Å². The summed E-state index contributed by atoms with van der Waals surface area (Å²) >= 11 is 1.94. The van der Waals surface area contributed by atoms with E-state index >= 15 is 0 Å². The average molecular weight is 217 g/mol. The quantitative estimate of drug-likeness (QED) is 0.659. The second-order valence-electron chi connectivity index (χ2n) is 4.02. The third-order valence-electron chi connectivity index (χ3n) is 2.60. The Morgan fingerprint density at radius 1 is 1.64 bits per heavy atom. The van der Waals surface area contributed by atoms with E-state index in [0.717, 1.165) is 18.7 Å². The third-order valence-corrected chi connectivity index (χ3v) is 3.79. The largest absolute Gasteiger partial charge is 0.469 e. The van der Waals surface area contributed by atoms with Crippen LogP contribution in [-0.4, -0.2) is 50.1 Å². The van der Waals surface area contributed by atoms with E-state index < -0.39 is 0 Å². The highest BCUT2D eigenvalue weighted by atomic mass is 32.2. The number of ether oxygens (including phenoxy) is 1. The number of rotatable bonds is 4. The predicted molar refractivity (Wildman–Crippen MR) is 59.5 cm³/mol. The van der Waals surface area contributed by atoms with Crippen molar-refractivity contribution in [3.05, 3.63) is 0 Å². The summed E-state index contributed by atoms with van der Waals surface area (Å²) in [7, 11) is 5.48. The Labute approximate surface area is 90.2 Å².